The lowest BCUT2D eigenvalue weighted by molar-refractivity contribution is 0.0437. The normalized spacial score (nSPS) is 13.8. The maximum Gasteiger partial charge on any atom is 0.0741 e. The van der Waals surface area contributed by atoms with Crippen LogP contribution in [0.15, 0.2) is 24.3 Å². The first-order valence-electron chi connectivity index (χ1n) is 5.58. The summed E-state index contributed by atoms with van der Waals surface area (Å²) >= 11 is 0. The lowest BCUT2D eigenvalue weighted by Crippen LogP contribution is -2.44. The Bertz CT molecular complexity index is 314. The van der Waals surface area contributed by atoms with E-state index < -0.39 is 5.60 Å². The van der Waals surface area contributed by atoms with Crippen molar-refractivity contribution in [1.82, 2.24) is 5.32 Å². The van der Waals surface area contributed by atoms with Gasteiger partial charge in [0, 0.05) is 12.6 Å². The Morgan fingerprint density at radius 3 is 2.12 bits per heavy atom. The molecule has 1 atom stereocenters. The van der Waals surface area contributed by atoms with E-state index in [1.807, 2.05) is 31.2 Å². The molecule has 3 N–H and O–H groups in total. The zero-order valence-electron chi connectivity index (χ0n) is 10.2. The number of rotatable bonds is 5. The first-order valence-corrected chi connectivity index (χ1v) is 5.58. The minimum Gasteiger partial charge on any atom is -0.392 e. The van der Waals surface area contributed by atoms with E-state index in [1.54, 1.807) is 13.8 Å². The van der Waals surface area contributed by atoms with Gasteiger partial charge in [-0.25, -0.2) is 0 Å². The fourth-order valence-electron chi connectivity index (χ4n) is 1.28. The number of hydrogen-bond donors (Lipinski definition) is 3. The number of nitrogens with one attached hydrogen (secondary N) is 1. The Balaban J connectivity index is 2.48. The van der Waals surface area contributed by atoms with Crippen LogP contribution in [0.3, 0.4) is 0 Å². The number of benzene rings is 1. The summed E-state index contributed by atoms with van der Waals surface area (Å²) < 4.78 is 0. The molecule has 3 nitrogen and oxygen atoms in total. The summed E-state index contributed by atoms with van der Waals surface area (Å²) in [5.41, 5.74) is 1.35. The first-order chi connectivity index (χ1) is 7.43. The zero-order valence-corrected chi connectivity index (χ0v) is 10.2. The van der Waals surface area contributed by atoms with Gasteiger partial charge in [0.05, 0.1) is 12.2 Å². The van der Waals surface area contributed by atoms with Crippen molar-refractivity contribution in [2.75, 3.05) is 0 Å². The molecule has 0 amide bonds. The van der Waals surface area contributed by atoms with Gasteiger partial charge in [0.15, 0.2) is 0 Å². The van der Waals surface area contributed by atoms with Crippen LogP contribution >= 0.6 is 0 Å². The van der Waals surface area contributed by atoms with Crippen LogP contribution in [-0.4, -0.2) is 21.9 Å². The maximum atomic E-state index is 9.75. The minimum atomic E-state index is -0.717. The van der Waals surface area contributed by atoms with Crippen molar-refractivity contribution in [2.24, 2.45) is 0 Å². The molecule has 0 aromatic heterocycles. The average molecular weight is 223 g/mol. The van der Waals surface area contributed by atoms with E-state index in [-0.39, 0.29) is 12.6 Å². The second kappa shape index (κ2) is 5.43. The van der Waals surface area contributed by atoms with Gasteiger partial charge in [-0.05, 0) is 31.9 Å². The molecule has 0 saturated carbocycles. The monoisotopic (exact) mass is 223 g/mol. The molecule has 0 heterocycles. The highest BCUT2D eigenvalue weighted by molar-refractivity contribution is 5.21. The van der Waals surface area contributed by atoms with Gasteiger partial charge in [-0.1, -0.05) is 24.3 Å². The number of hydrogen-bond acceptors (Lipinski definition) is 3. The van der Waals surface area contributed by atoms with Gasteiger partial charge in [-0.2, -0.15) is 0 Å². The van der Waals surface area contributed by atoms with Crippen molar-refractivity contribution < 1.29 is 10.2 Å². The Kier molecular flexibility index (Phi) is 4.47. The molecule has 0 fully saturated rings. The van der Waals surface area contributed by atoms with Gasteiger partial charge < -0.3 is 15.5 Å². The molecule has 0 aliphatic rings. The molecule has 0 aliphatic heterocycles. The third-order valence-electron chi connectivity index (χ3n) is 2.88. The summed E-state index contributed by atoms with van der Waals surface area (Å²) in [6.07, 6.45) is 0. The fourth-order valence-corrected chi connectivity index (χ4v) is 1.28. The lowest BCUT2D eigenvalue weighted by Gasteiger charge is -2.26. The van der Waals surface area contributed by atoms with E-state index in [4.69, 9.17) is 5.11 Å². The summed E-state index contributed by atoms with van der Waals surface area (Å²) in [6, 6.07) is 7.81. The van der Waals surface area contributed by atoms with Gasteiger partial charge in [0.2, 0.25) is 0 Å². The summed E-state index contributed by atoms with van der Waals surface area (Å²) in [4.78, 5) is 0. The predicted octanol–water partition coefficient (Wildman–Crippen LogP) is 1.43. The quantitative estimate of drug-likeness (QED) is 0.708. The highest BCUT2D eigenvalue weighted by atomic mass is 16.3. The molecule has 3 heteroatoms. The van der Waals surface area contributed by atoms with E-state index in [1.165, 1.54) is 0 Å². The molecule has 0 aliphatic carbocycles. The van der Waals surface area contributed by atoms with E-state index in [0.29, 0.717) is 0 Å². The van der Waals surface area contributed by atoms with E-state index in [9.17, 15) is 5.11 Å². The lowest BCUT2D eigenvalue weighted by atomic mass is 10.0. The molecule has 0 saturated heterocycles. The van der Waals surface area contributed by atoms with Crippen molar-refractivity contribution >= 4 is 0 Å². The Labute approximate surface area is 97.1 Å². The fraction of sp³-hybridized carbons (Fsp3) is 0.538. The van der Waals surface area contributed by atoms with Crippen molar-refractivity contribution in [3.8, 4) is 0 Å². The third-order valence-corrected chi connectivity index (χ3v) is 2.88. The van der Waals surface area contributed by atoms with Crippen LogP contribution < -0.4 is 5.32 Å². The highest BCUT2D eigenvalue weighted by Gasteiger charge is 2.21. The largest absolute Gasteiger partial charge is 0.392 e. The van der Waals surface area contributed by atoms with Crippen LogP contribution in [0.25, 0.3) is 0 Å². The van der Waals surface area contributed by atoms with E-state index in [0.717, 1.165) is 17.7 Å². The summed E-state index contributed by atoms with van der Waals surface area (Å²) in [5.74, 6) is 0. The van der Waals surface area contributed by atoms with Crippen molar-refractivity contribution in [3.05, 3.63) is 35.4 Å². The average Bonchev–Trinajstić information content (AvgIpc) is 2.25. The van der Waals surface area contributed by atoms with Gasteiger partial charge in [0.25, 0.3) is 0 Å². The van der Waals surface area contributed by atoms with Gasteiger partial charge >= 0.3 is 0 Å². The van der Waals surface area contributed by atoms with Crippen LogP contribution in [0.1, 0.15) is 31.9 Å². The molecule has 0 spiro atoms. The Hall–Kier alpha value is -0.900. The smallest absolute Gasteiger partial charge is 0.0741 e. The van der Waals surface area contributed by atoms with Crippen molar-refractivity contribution in [2.45, 2.75) is 45.6 Å². The summed E-state index contributed by atoms with van der Waals surface area (Å²) in [6.45, 7) is 6.34. The van der Waals surface area contributed by atoms with Gasteiger partial charge in [-0.15, -0.1) is 0 Å². The van der Waals surface area contributed by atoms with Crippen LogP contribution in [0.5, 0.6) is 0 Å². The summed E-state index contributed by atoms with van der Waals surface area (Å²) in [5, 5.41) is 21.9. The third kappa shape index (κ3) is 3.93. The molecule has 1 unspecified atom stereocenters. The SMILES string of the molecule is CC(NCc1ccc(CO)cc1)C(C)(C)O. The highest BCUT2D eigenvalue weighted by Crippen LogP contribution is 2.09. The second-order valence-corrected chi connectivity index (χ2v) is 4.73. The molecule has 0 radical (unpaired) electrons. The number of aliphatic hydroxyl groups excluding tert-OH is 1. The van der Waals surface area contributed by atoms with Crippen LogP contribution in [0, 0.1) is 0 Å². The van der Waals surface area contributed by atoms with Crippen LogP contribution in [0.4, 0.5) is 0 Å². The standard InChI is InChI=1S/C13H21NO2/c1-10(13(2,3)16)14-8-11-4-6-12(9-15)7-5-11/h4-7,10,14-16H,8-9H2,1-3H3. The molecule has 1 aromatic rings. The molecule has 90 valence electrons. The molecular formula is C13H21NO2. The van der Waals surface area contributed by atoms with E-state index >= 15 is 0 Å². The van der Waals surface area contributed by atoms with Crippen molar-refractivity contribution in [1.29, 1.82) is 0 Å². The molecule has 1 aromatic carbocycles. The predicted molar refractivity (Wildman–Crippen MR) is 65.0 cm³/mol. The molecular weight excluding hydrogens is 202 g/mol. The first kappa shape index (κ1) is 13.2. The van der Waals surface area contributed by atoms with Crippen LogP contribution in [-0.2, 0) is 13.2 Å². The Morgan fingerprint density at radius 1 is 1.19 bits per heavy atom. The summed E-state index contributed by atoms with van der Waals surface area (Å²) in [7, 11) is 0. The minimum absolute atomic E-state index is 0.0324. The zero-order chi connectivity index (χ0) is 12.2. The number of aliphatic hydroxyl groups is 2. The second-order valence-electron chi connectivity index (χ2n) is 4.73. The Morgan fingerprint density at radius 2 is 1.69 bits per heavy atom. The van der Waals surface area contributed by atoms with Crippen molar-refractivity contribution in [3.63, 3.8) is 0 Å². The van der Waals surface area contributed by atoms with E-state index in [2.05, 4.69) is 5.32 Å². The molecule has 16 heavy (non-hydrogen) atoms. The topological polar surface area (TPSA) is 52.5 Å². The van der Waals surface area contributed by atoms with Crippen LogP contribution in [0.2, 0.25) is 0 Å². The van der Waals surface area contributed by atoms with Gasteiger partial charge in [0.1, 0.15) is 0 Å². The van der Waals surface area contributed by atoms with Gasteiger partial charge in [-0.3, -0.25) is 0 Å². The maximum absolute atomic E-state index is 9.75. The molecule has 1 rings (SSSR count). The molecule has 0 bridgehead atoms.